The summed E-state index contributed by atoms with van der Waals surface area (Å²) < 4.78 is 0. The lowest BCUT2D eigenvalue weighted by Crippen LogP contribution is -2.67. The molecule has 8 unspecified atom stereocenters. The summed E-state index contributed by atoms with van der Waals surface area (Å²) in [5.41, 5.74) is 4.62. The van der Waals surface area contributed by atoms with Crippen molar-refractivity contribution in [3.8, 4) is 0 Å². The van der Waals surface area contributed by atoms with E-state index in [1.54, 1.807) is 11.1 Å². The first-order valence-electron chi connectivity index (χ1n) is 17.2. The Morgan fingerprint density at radius 2 is 1.67 bits per heavy atom. The number of hydrogen-bond donors (Lipinski definition) is 2. The maximum atomic E-state index is 10.4. The fourth-order valence-corrected chi connectivity index (χ4v) is 12.4. The first-order valence-corrected chi connectivity index (χ1v) is 17.2. The lowest BCUT2D eigenvalue weighted by atomic mass is 9.34. The van der Waals surface area contributed by atoms with E-state index < -0.39 is 5.60 Å². The Bertz CT molecular complexity index is 1000. The molecule has 0 radical (unpaired) electrons. The van der Waals surface area contributed by atoms with Gasteiger partial charge in [0.2, 0.25) is 0 Å². The zero-order valence-corrected chi connectivity index (χ0v) is 26.7. The Kier molecular flexibility index (Phi) is 7.11. The monoisotopic (exact) mass is 535 g/mol. The van der Waals surface area contributed by atoms with E-state index in [1.807, 2.05) is 13.8 Å². The molecule has 4 saturated carbocycles. The van der Waals surface area contributed by atoms with Crippen LogP contribution in [0.5, 0.6) is 0 Å². The molecule has 6 aliphatic rings. The van der Waals surface area contributed by atoms with Gasteiger partial charge in [0.25, 0.3) is 0 Å². The molecule has 220 valence electrons. The highest BCUT2D eigenvalue weighted by Crippen LogP contribution is 2.75. The standard InChI is InChI=1S/C37H61NO/c1-25-10-12-27(13-11-25)28-16-19-34(5)29(26(28)2)17-20-36(7)32(34)15-14-30-31-9-8-18-37(31,22-21-35(30,36)6)38-24-23-33(3,4)39/h12,16,25-26,29-32,38-39H,8-11,13-15,17-24H2,1-7H3/t25?,26?,29?,30?,31-,32?,34?,35-,36?,37?/m1/s1. The first kappa shape index (κ1) is 28.5. The summed E-state index contributed by atoms with van der Waals surface area (Å²) in [5.74, 6) is 5.02. The van der Waals surface area contributed by atoms with Crippen LogP contribution in [0.15, 0.2) is 23.3 Å². The van der Waals surface area contributed by atoms with Crippen molar-refractivity contribution in [2.75, 3.05) is 6.54 Å². The van der Waals surface area contributed by atoms with Gasteiger partial charge in [0.1, 0.15) is 0 Å². The van der Waals surface area contributed by atoms with Crippen molar-refractivity contribution in [3.05, 3.63) is 23.3 Å². The van der Waals surface area contributed by atoms with Crippen molar-refractivity contribution in [1.29, 1.82) is 0 Å². The normalized spacial score (nSPS) is 49.7. The van der Waals surface area contributed by atoms with Crippen molar-refractivity contribution in [1.82, 2.24) is 5.32 Å². The highest BCUT2D eigenvalue weighted by molar-refractivity contribution is 5.37. The maximum Gasteiger partial charge on any atom is 0.0603 e. The van der Waals surface area contributed by atoms with E-state index in [0.29, 0.717) is 21.8 Å². The van der Waals surface area contributed by atoms with Gasteiger partial charge in [-0.05, 0) is 167 Å². The Labute approximate surface area is 241 Å². The molecule has 2 heteroatoms. The summed E-state index contributed by atoms with van der Waals surface area (Å²) in [5, 5.41) is 14.5. The zero-order valence-electron chi connectivity index (χ0n) is 26.7. The van der Waals surface area contributed by atoms with Crippen molar-refractivity contribution in [2.45, 2.75) is 149 Å². The third-order valence-electron chi connectivity index (χ3n) is 14.8. The number of fused-ring (bicyclic) bond motifs is 7. The second-order valence-electron chi connectivity index (χ2n) is 17.1. The summed E-state index contributed by atoms with van der Waals surface area (Å²) in [6, 6.07) is 0. The van der Waals surface area contributed by atoms with Crippen LogP contribution in [-0.4, -0.2) is 22.8 Å². The van der Waals surface area contributed by atoms with Gasteiger partial charge in [-0.2, -0.15) is 0 Å². The molecule has 6 rings (SSSR count). The van der Waals surface area contributed by atoms with Crippen LogP contribution in [0.1, 0.15) is 138 Å². The highest BCUT2D eigenvalue weighted by atomic mass is 16.3. The van der Waals surface area contributed by atoms with Gasteiger partial charge in [0.15, 0.2) is 0 Å². The van der Waals surface area contributed by atoms with E-state index >= 15 is 0 Å². The Balaban J connectivity index is 1.25. The summed E-state index contributed by atoms with van der Waals surface area (Å²) in [4.78, 5) is 0. The molecule has 2 N–H and O–H groups in total. The minimum absolute atomic E-state index is 0.335. The quantitative estimate of drug-likeness (QED) is 0.368. The fraction of sp³-hybridized carbons (Fsp3) is 0.892. The van der Waals surface area contributed by atoms with E-state index in [9.17, 15) is 5.11 Å². The van der Waals surface area contributed by atoms with Gasteiger partial charge in [-0.25, -0.2) is 0 Å². The first-order chi connectivity index (χ1) is 18.3. The average molecular weight is 536 g/mol. The SMILES string of the molecule is CC1CC=C(C2=CCC3(C)C(CCC4(C)C3CCC3[C@H]5CCCC5(NCCC(C)(C)O)CC[C@]34C)C2C)CC1. The molecular formula is C37H61NO. The Hall–Kier alpha value is -0.600. The molecule has 6 aliphatic carbocycles. The van der Waals surface area contributed by atoms with Crippen LogP contribution in [0, 0.1) is 51.8 Å². The molecule has 0 saturated heterocycles. The van der Waals surface area contributed by atoms with Gasteiger partial charge in [-0.15, -0.1) is 0 Å². The van der Waals surface area contributed by atoms with Gasteiger partial charge in [0, 0.05) is 5.54 Å². The van der Waals surface area contributed by atoms with E-state index in [2.05, 4.69) is 52.1 Å². The summed E-state index contributed by atoms with van der Waals surface area (Å²) >= 11 is 0. The van der Waals surface area contributed by atoms with Crippen LogP contribution in [0.2, 0.25) is 0 Å². The molecule has 2 nitrogen and oxygen atoms in total. The van der Waals surface area contributed by atoms with E-state index in [4.69, 9.17) is 0 Å². The van der Waals surface area contributed by atoms with Crippen LogP contribution in [0.3, 0.4) is 0 Å². The summed E-state index contributed by atoms with van der Waals surface area (Å²) in [6.45, 7) is 18.2. The topological polar surface area (TPSA) is 32.3 Å². The molecule has 0 aromatic heterocycles. The predicted molar refractivity (Wildman–Crippen MR) is 164 cm³/mol. The number of rotatable bonds is 5. The zero-order chi connectivity index (χ0) is 27.8. The van der Waals surface area contributed by atoms with Crippen LogP contribution in [0.25, 0.3) is 0 Å². The second-order valence-corrected chi connectivity index (χ2v) is 17.1. The smallest absolute Gasteiger partial charge is 0.0603 e. The van der Waals surface area contributed by atoms with Crippen LogP contribution in [-0.2, 0) is 0 Å². The predicted octanol–water partition coefficient (Wildman–Crippen LogP) is 9.24. The third kappa shape index (κ3) is 4.38. The van der Waals surface area contributed by atoms with Crippen molar-refractivity contribution >= 4 is 0 Å². The summed E-state index contributed by atoms with van der Waals surface area (Å²) in [7, 11) is 0. The fourth-order valence-electron chi connectivity index (χ4n) is 12.4. The van der Waals surface area contributed by atoms with Gasteiger partial charge in [-0.3, -0.25) is 0 Å². The number of allylic oxidation sites excluding steroid dienone is 4. The van der Waals surface area contributed by atoms with Crippen LogP contribution >= 0.6 is 0 Å². The number of hydrogen-bond acceptors (Lipinski definition) is 2. The van der Waals surface area contributed by atoms with E-state index in [1.165, 1.54) is 83.5 Å². The van der Waals surface area contributed by atoms with Gasteiger partial charge >= 0.3 is 0 Å². The molecule has 39 heavy (non-hydrogen) atoms. The van der Waals surface area contributed by atoms with Crippen LogP contribution < -0.4 is 5.32 Å². The molecule has 0 amide bonds. The lowest BCUT2D eigenvalue weighted by molar-refractivity contribution is -0.212. The van der Waals surface area contributed by atoms with Gasteiger partial charge < -0.3 is 10.4 Å². The molecule has 0 bridgehead atoms. The Morgan fingerprint density at radius 1 is 0.872 bits per heavy atom. The molecule has 0 aliphatic heterocycles. The average Bonchev–Trinajstić information content (AvgIpc) is 3.29. The highest BCUT2D eigenvalue weighted by Gasteiger charge is 2.68. The van der Waals surface area contributed by atoms with Crippen molar-refractivity contribution in [2.24, 2.45) is 51.8 Å². The lowest BCUT2D eigenvalue weighted by Gasteiger charge is -2.71. The Morgan fingerprint density at radius 3 is 2.38 bits per heavy atom. The minimum Gasteiger partial charge on any atom is -0.390 e. The van der Waals surface area contributed by atoms with E-state index in [0.717, 1.165) is 48.5 Å². The molecule has 0 spiro atoms. The second kappa shape index (κ2) is 9.72. The molecule has 0 aromatic rings. The van der Waals surface area contributed by atoms with Crippen molar-refractivity contribution in [3.63, 3.8) is 0 Å². The minimum atomic E-state index is -0.571. The molecule has 4 fully saturated rings. The number of nitrogens with one attached hydrogen (secondary N) is 1. The third-order valence-corrected chi connectivity index (χ3v) is 14.8. The van der Waals surface area contributed by atoms with E-state index in [-0.39, 0.29) is 0 Å². The summed E-state index contributed by atoms with van der Waals surface area (Å²) in [6.07, 6.45) is 24.2. The largest absolute Gasteiger partial charge is 0.390 e. The molecule has 10 atom stereocenters. The van der Waals surface area contributed by atoms with Gasteiger partial charge in [0.05, 0.1) is 5.60 Å². The van der Waals surface area contributed by atoms with Gasteiger partial charge in [-0.1, -0.05) is 53.2 Å². The van der Waals surface area contributed by atoms with Crippen LogP contribution in [0.4, 0.5) is 0 Å². The van der Waals surface area contributed by atoms with Crippen molar-refractivity contribution < 1.29 is 5.11 Å². The molecular weight excluding hydrogens is 474 g/mol. The molecule has 0 aromatic carbocycles. The number of aliphatic hydroxyl groups is 1. The maximum absolute atomic E-state index is 10.4. The molecule has 0 heterocycles.